The second-order valence-electron chi connectivity index (χ2n) is 8.57. The van der Waals surface area contributed by atoms with Crippen LogP contribution in [0, 0.1) is 4.91 Å². The van der Waals surface area contributed by atoms with Crippen molar-refractivity contribution in [2.75, 3.05) is 25.1 Å². The number of anilines is 1. The number of nitrogens with zero attached hydrogens (tertiary/aromatic N) is 5. The minimum Gasteiger partial charge on any atom is -0.497 e. The maximum atomic E-state index is 13.2. The molecule has 1 aliphatic heterocycles. The lowest BCUT2D eigenvalue weighted by Gasteiger charge is -2.32. The first kappa shape index (κ1) is 25.3. The number of aromatic nitrogens is 3. The summed E-state index contributed by atoms with van der Waals surface area (Å²) in [4.78, 5) is 40.2. The molecule has 10 heteroatoms. The molecular formula is C28H25N5O4S. The van der Waals surface area contributed by atoms with Gasteiger partial charge in [0.15, 0.2) is 11.6 Å². The van der Waals surface area contributed by atoms with Crippen molar-refractivity contribution in [3.8, 4) is 17.4 Å². The van der Waals surface area contributed by atoms with E-state index in [1.807, 2.05) is 29.2 Å². The van der Waals surface area contributed by atoms with E-state index >= 15 is 0 Å². The molecule has 0 atom stereocenters. The fourth-order valence-electron chi connectivity index (χ4n) is 4.26. The summed E-state index contributed by atoms with van der Waals surface area (Å²) in [6.07, 6.45) is 4.92. The number of rotatable bonds is 9. The Kier molecular flexibility index (Phi) is 7.89. The zero-order valence-corrected chi connectivity index (χ0v) is 21.5. The number of carbonyl (C=O) groups excluding carboxylic acids is 1. The summed E-state index contributed by atoms with van der Waals surface area (Å²) in [6, 6.07) is 19.7. The van der Waals surface area contributed by atoms with Crippen molar-refractivity contribution in [1.82, 2.24) is 15.0 Å². The van der Waals surface area contributed by atoms with E-state index in [-0.39, 0.29) is 23.1 Å². The van der Waals surface area contributed by atoms with Crippen LogP contribution >= 0.6 is 11.8 Å². The molecule has 0 N–H and O–H groups in total. The molecular weight excluding hydrogens is 502 g/mol. The number of thioether (sulfide) groups is 1. The van der Waals surface area contributed by atoms with E-state index in [1.54, 1.807) is 60.4 Å². The van der Waals surface area contributed by atoms with E-state index < -0.39 is 0 Å². The number of methoxy groups -OCH3 is 1. The van der Waals surface area contributed by atoms with Gasteiger partial charge in [0, 0.05) is 36.2 Å². The average molecular weight is 528 g/mol. The number of benzene rings is 2. The van der Waals surface area contributed by atoms with Gasteiger partial charge in [-0.15, -0.1) is 16.7 Å². The summed E-state index contributed by atoms with van der Waals surface area (Å²) in [7, 11) is 1.52. The van der Waals surface area contributed by atoms with E-state index in [4.69, 9.17) is 9.47 Å². The first-order valence-corrected chi connectivity index (χ1v) is 13.0. The zero-order valence-electron chi connectivity index (χ0n) is 20.7. The van der Waals surface area contributed by atoms with Crippen LogP contribution in [0.25, 0.3) is 0 Å². The molecule has 0 aliphatic carbocycles. The molecule has 0 radical (unpaired) electrons. The Morgan fingerprint density at radius 2 is 1.79 bits per heavy atom. The summed E-state index contributed by atoms with van der Waals surface area (Å²) in [5.41, 5.74) is 0.803. The third-order valence-corrected chi connectivity index (χ3v) is 7.49. The molecule has 0 amide bonds. The molecule has 3 heterocycles. The van der Waals surface area contributed by atoms with Gasteiger partial charge >= 0.3 is 0 Å². The van der Waals surface area contributed by atoms with Crippen LogP contribution in [0.3, 0.4) is 0 Å². The molecule has 0 spiro atoms. The van der Waals surface area contributed by atoms with Crippen molar-refractivity contribution in [3.05, 3.63) is 95.3 Å². The number of pyridine rings is 1. The molecule has 0 saturated carbocycles. The van der Waals surface area contributed by atoms with Gasteiger partial charge in [-0.25, -0.2) is 9.97 Å². The van der Waals surface area contributed by atoms with E-state index in [0.717, 1.165) is 17.9 Å². The topological polar surface area (TPSA) is 107 Å². The number of hydrogen-bond donors (Lipinski definition) is 0. The van der Waals surface area contributed by atoms with Crippen LogP contribution in [-0.2, 0) is 0 Å². The van der Waals surface area contributed by atoms with Gasteiger partial charge in [0.1, 0.15) is 17.8 Å². The molecule has 38 heavy (non-hydrogen) atoms. The molecule has 192 valence electrons. The molecule has 9 nitrogen and oxygen atoms in total. The highest BCUT2D eigenvalue weighted by Crippen LogP contribution is 2.40. The average Bonchev–Trinajstić information content (AvgIpc) is 2.98. The SMILES string of the molecule is COc1ccc(C(=O)c2ccccc2)c(Oc2ncnc(N3CCC(Sc4ccccn4)CC3)c2N=O)c1. The van der Waals surface area contributed by atoms with Crippen LogP contribution in [0.15, 0.2) is 89.5 Å². The third-order valence-electron chi connectivity index (χ3n) is 6.20. The molecule has 1 fully saturated rings. The Labute approximate surface area is 224 Å². The molecule has 1 aliphatic rings. The van der Waals surface area contributed by atoms with E-state index in [0.29, 0.717) is 41.0 Å². The minimum atomic E-state index is -0.231. The predicted octanol–water partition coefficient (Wildman–Crippen LogP) is 6.06. The number of hydrogen-bond acceptors (Lipinski definition) is 10. The summed E-state index contributed by atoms with van der Waals surface area (Å²) < 4.78 is 11.4. The van der Waals surface area contributed by atoms with Crippen molar-refractivity contribution in [3.63, 3.8) is 0 Å². The molecule has 0 unspecified atom stereocenters. The predicted molar refractivity (Wildman–Crippen MR) is 146 cm³/mol. The molecule has 2 aromatic carbocycles. The first-order chi connectivity index (χ1) is 18.7. The molecule has 0 bridgehead atoms. The van der Waals surface area contributed by atoms with Gasteiger partial charge in [0.2, 0.25) is 5.69 Å². The van der Waals surface area contributed by atoms with Crippen LogP contribution in [-0.4, -0.2) is 46.2 Å². The highest BCUT2D eigenvalue weighted by molar-refractivity contribution is 7.99. The molecule has 2 aromatic heterocycles. The Morgan fingerprint density at radius 1 is 1.00 bits per heavy atom. The van der Waals surface area contributed by atoms with Gasteiger partial charge in [0.25, 0.3) is 5.88 Å². The molecule has 4 aromatic rings. The zero-order chi connectivity index (χ0) is 26.3. The number of ketones is 1. The maximum Gasteiger partial charge on any atom is 0.254 e. The fraction of sp³-hybridized carbons (Fsp3) is 0.214. The van der Waals surface area contributed by atoms with E-state index in [2.05, 4.69) is 20.1 Å². The van der Waals surface area contributed by atoms with E-state index in [9.17, 15) is 9.70 Å². The fourth-order valence-corrected chi connectivity index (χ4v) is 5.33. The number of carbonyl (C=O) groups is 1. The lowest BCUT2D eigenvalue weighted by Crippen LogP contribution is -2.35. The first-order valence-electron chi connectivity index (χ1n) is 12.1. The van der Waals surface area contributed by atoms with Crippen molar-refractivity contribution >= 4 is 29.1 Å². The summed E-state index contributed by atoms with van der Waals surface area (Å²) >= 11 is 1.76. The highest BCUT2D eigenvalue weighted by Gasteiger charge is 2.27. The summed E-state index contributed by atoms with van der Waals surface area (Å²) in [6.45, 7) is 1.39. The van der Waals surface area contributed by atoms with Crippen LogP contribution in [0.4, 0.5) is 11.5 Å². The third kappa shape index (κ3) is 5.65. The van der Waals surface area contributed by atoms with Crippen LogP contribution in [0.1, 0.15) is 28.8 Å². The van der Waals surface area contributed by atoms with Crippen LogP contribution in [0.2, 0.25) is 0 Å². The number of ether oxygens (including phenoxy) is 2. The van der Waals surface area contributed by atoms with Gasteiger partial charge < -0.3 is 14.4 Å². The minimum absolute atomic E-state index is 0.00995. The number of piperidine rings is 1. The Morgan fingerprint density at radius 3 is 2.50 bits per heavy atom. The van der Waals surface area contributed by atoms with Crippen LogP contribution < -0.4 is 14.4 Å². The van der Waals surface area contributed by atoms with Crippen LogP contribution in [0.5, 0.6) is 17.4 Å². The van der Waals surface area contributed by atoms with E-state index in [1.165, 1.54) is 13.4 Å². The molecule has 1 saturated heterocycles. The van der Waals surface area contributed by atoms with Crippen molar-refractivity contribution in [2.45, 2.75) is 23.1 Å². The monoisotopic (exact) mass is 527 g/mol. The Hall–Kier alpha value is -4.31. The van der Waals surface area contributed by atoms with Gasteiger partial charge in [-0.1, -0.05) is 36.4 Å². The van der Waals surface area contributed by atoms with Gasteiger partial charge in [-0.2, -0.15) is 4.98 Å². The summed E-state index contributed by atoms with van der Waals surface area (Å²) in [5.74, 6) is 0.853. The highest BCUT2D eigenvalue weighted by atomic mass is 32.2. The molecule has 5 rings (SSSR count). The lowest BCUT2D eigenvalue weighted by atomic mass is 10.0. The van der Waals surface area contributed by atoms with Gasteiger partial charge in [0.05, 0.1) is 17.7 Å². The standard InChI is InChI=1S/C28H25N5O4S/c1-36-20-10-11-22(26(34)19-7-3-2-4-8-19)23(17-20)37-28-25(32-35)27(30-18-31-28)33-15-12-21(13-16-33)38-24-9-5-6-14-29-24/h2-11,14,17-18,21H,12-13,15-16H2,1H3. The second-order valence-corrected chi connectivity index (χ2v) is 9.89. The van der Waals surface area contributed by atoms with Crippen molar-refractivity contribution in [2.24, 2.45) is 5.18 Å². The normalized spacial score (nSPS) is 13.7. The lowest BCUT2D eigenvalue weighted by molar-refractivity contribution is 0.103. The van der Waals surface area contributed by atoms with Gasteiger partial charge in [-0.05, 0) is 42.3 Å². The largest absolute Gasteiger partial charge is 0.497 e. The van der Waals surface area contributed by atoms with Crippen molar-refractivity contribution in [1.29, 1.82) is 0 Å². The number of nitroso groups, excluding NO2 is 1. The summed E-state index contributed by atoms with van der Waals surface area (Å²) in [5, 5.41) is 4.64. The quantitative estimate of drug-likeness (QED) is 0.189. The smallest absolute Gasteiger partial charge is 0.254 e. The second kappa shape index (κ2) is 11.8. The van der Waals surface area contributed by atoms with Gasteiger partial charge in [-0.3, -0.25) is 4.79 Å². The Balaban J connectivity index is 1.38. The maximum absolute atomic E-state index is 13.2. The van der Waals surface area contributed by atoms with Crippen molar-refractivity contribution < 1.29 is 14.3 Å². The Bertz CT molecular complexity index is 1410.